The summed E-state index contributed by atoms with van der Waals surface area (Å²) in [5.41, 5.74) is 2.41. The Labute approximate surface area is 118 Å². The Morgan fingerprint density at radius 3 is 2.85 bits per heavy atom. The molecular formula is C16H19NO3. The summed E-state index contributed by atoms with van der Waals surface area (Å²) >= 11 is 0. The molecule has 4 heteroatoms. The van der Waals surface area contributed by atoms with Gasteiger partial charge in [-0.05, 0) is 42.9 Å². The molecule has 1 fully saturated rings. The first kappa shape index (κ1) is 13.3. The average Bonchev–Trinajstić information content (AvgIpc) is 2.51. The number of carbonyl (C=O) groups is 2. The number of aldehydes is 1. The van der Waals surface area contributed by atoms with Crippen LogP contribution < -0.4 is 0 Å². The standard InChI is InChI=1S/C16H19NO3/c18-11-13-1-2-15-14(9-13)3-6-17(16(15)19)10-12-4-7-20-8-5-12/h1-2,9,11-12H,3-8,10H2. The van der Waals surface area contributed by atoms with Crippen LogP contribution in [0.4, 0.5) is 0 Å². The normalized spacial score (nSPS) is 19.8. The van der Waals surface area contributed by atoms with E-state index in [1.807, 2.05) is 11.0 Å². The largest absolute Gasteiger partial charge is 0.381 e. The summed E-state index contributed by atoms with van der Waals surface area (Å²) in [7, 11) is 0. The van der Waals surface area contributed by atoms with E-state index >= 15 is 0 Å². The third kappa shape index (κ3) is 2.61. The lowest BCUT2D eigenvalue weighted by Gasteiger charge is -2.33. The predicted octanol–water partition coefficient (Wildman–Crippen LogP) is 1.92. The lowest BCUT2D eigenvalue weighted by atomic mass is 9.94. The molecular weight excluding hydrogens is 254 g/mol. The van der Waals surface area contributed by atoms with Gasteiger partial charge in [-0.1, -0.05) is 6.07 Å². The molecule has 4 nitrogen and oxygen atoms in total. The highest BCUT2D eigenvalue weighted by molar-refractivity contribution is 5.97. The minimum absolute atomic E-state index is 0.107. The van der Waals surface area contributed by atoms with Crippen LogP contribution in [0.15, 0.2) is 18.2 Å². The van der Waals surface area contributed by atoms with Crippen molar-refractivity contribution in [1.82, 2.24) is 4.90 Å². The van der Waals surface area contributed by atoms with E-state index in [0.29, 0.717) is 11.5 Å². The van der Waals surface area contributed by atoms with Crippen LogP contribution in [0.1, 0.15) is 39.1 Å². The van der Waals surface area contributed by atoms with E-state index in [-0.39, 0.29) is 5.91 Å². The highest BCUT2D eigenvalue weighted by atomic mass is 16.5. The molecule has 0 bridgehead atoms. The predicted molar refractivity (Wildman–Crippen MR) is 75.0 cm³/mol. The highest BCUT2D eigenvalue weighted by Crippen LogP contribution is 2.23. The molecule has 20 heavy (non-hydrogen) atoms. The Bertz CT molecular complexity index is 520. The number of benzene rings is 1. The van der Waals surface area contributed by atoms with Crippen molar-refractivity contribution in [2.45, 2.75) is 19.3 Å². The molecule has 1 amide bonds. The fourth-order valence-electron chi connectivity index (χ4n) is 3.04. The first-order chi connectivity index (χ1) is 9.78. The summed E-state index contributed by atoms with van der Waals surface area (Å²) in [6, 6.07) is 5.35. The quantitative estimate of drug-likeness (QED) is 0.790. The van der Waals surface area contributed by atoms with Crippen molar-refractivity contribution < 1.29 is 14.3 Å². The van der Waals surface area contributed by atoms with Gasteiger partial charge in [0.25, 0.3) is 5.91 Å². The third-order valence-electron chi connectivity index (χ3n) is 4.25. The van der Waals surface area contributed by atoms with Crippen molar-refractivity contribution in [3.8, 4) is 0 Å². The molecule has 0 saturated carbocycles. The number of amides is 1. The van der Waals surface area contributed by atoms with Gasteiger partial charge < -0.3 is 9.64 Å². The smallest absolute Gasteiger partial charge is 0.254 e. The monoisotopic (exact) mass is 273 g/mol. The summed E-state index contributed by atoms with van der Waals surface area (Å²) in [6.45, 7) is 3.21. The van der Waals surface area contributed by atoms with Crippen LogP contribution in [0.25, 0.3) is 0 Å². The van der Waals surface area contributed by atoms with E-state index < -0.39 is 0 Å². The fraction of sp³-hybridized carbons (Fsp3) is 0.500. The van der Waals surface area contributed by atoms with Crippen LogP contribution in [-0.2, 0) is 11.2 Å². The van der Waals surface area contributed by atoms with E-state index in [4.69, 9.17) is 4.74 Å². The molecule has 3 rings (SSSR count). The van der Waals surface area contributed by atoms with Crippen LogP contribution in [0.5, 0.6) is 0 Å². The topological polar surface area (TPSA) is 46.6 Å². The van der Waals surface area contributed by atoms with Crippen LogP contribution in [0, 0.1) is 5.92 Å². The number of hydrogen-bond donors (Lipinski definition) is 0. The number of rotatable bonds is 3. The first-order valence-electron chi connectivity index (χ1n) is 7.23. The van der Waals surface area contributed by atoms with Crippen molar-refractivity contribution in [1.29, 1.82) is 0 Å². The molecule has 0 spiro atoms. The second-order valence-corrected chi connectivity index (χ2v) is 5.59. The van der Waals surface area contributed by atoms with Crippen LogP contribution in [-0.4, -0.2) is 43.4 Å². The molecule has 1 aromatic rings. The van der Waals surface area contributed by atoms with E-state index in [9.17, 15) is 9.59 Å². The maximum absolute atomic E-state index is 12.5. The molecule has 0 N–H and O–H groups in total. The zero-order chi connectivity index (χ0) is 13.9. The van der Waals surface area contributed by atoms with Gasteiger partial charge in [0.1, 0.15) is 6.29 Å². The maximum atomic E-state index is 12.5. The lowest BCUT2D eigenvalue weighted by molar-refractivity contribution is 0.0449. The lowest BCUT2D eigenvalue weighted by Crippen LogP contribution is -2.41. The minimum Gasteiger partial charge on any atom is -0.381 e. The molecule has 0 radical (unpaired) electrons. The molecule has 2 heterocycles. The molecule has 2 aliphatic rings. The first-order valence-corrected chi connectivity index (χ1v) is 7.23. The summed E-state index contributed by atoms with van der Waals surface area (Å²) in [4.78, 5) is 25.2. The number of nitrogens with zero attached hydrogens (tertiary/aromatic N) is 1. The Morgan fingerprint density at radius 2 is 2.10 bits per heavy atom. The minimum atomic E-state index is 0.107. The Hall–Kier alpha value is -1.68. The molecule has 1 saturated heterocycles. The fourth-order valence-corrected chi connectivity index (χ4v) is 3.04. The molecule has 0 unspecified atom stereocenters. The molecule has 2 aliphatic heterocycles. The zero-order valence-corrected chi connectivity index (χ0v) is 11.5. The summed E-state index contributed by atoms with van der Waals surface area (Å²) in [5.74, 6) is 0.665. The summed E-state index contributed by atoms with van der Waals surface area (Å²) in [5, 5.41) is 0. The van der Waals surface area contributed by atoms with Crippen molar-refractivity contribution in [3.05, 3.63) is 34.9 Å². The van der Waals surface area contributed by atoms with E-state index in [0.717, 1.165) is 63.0 Å². The van der Waals surface area contributed by atoms with E-state index in [1.54, 1.807) is 12.1 Å². The maximum Gasteiger partial charge on any atom is 0.254 e. The molecule has 0 aromatic heterocycles. The van der Waals surface area contributed by atoms with Crippen molar-refractivity contribution in [2.75, 3.05) is 26.3 Å². The Balaban J connectivity index is 1.73. The van der Waals surface area contributed by atoms with Gasteiger partial charge in [0.15, 0.2) is 0 Å². The van der Waals surface area contributed by atoms with Gasteiger partial charge in [0.05, 0.1) is 0 Å². The molecule has 0 aliphatic carbocycles. The van der Waals surface area contributed by atoms with Gasteiger partial charge >= 0.3 is 0 Å². The summed E-state index contributed by atoms with van der Waals surface area (Å²) in [6.07, 6.45) is 3.76. The van der Waals surface area contributed by atoms with Crippen LogP contribution >= 0.6 is 0 Å². The molecule has 106 valence electrons. The zero-order valence-electron chi connectivity index (χ0n) is 11.5. The van der Waals surface area contributed by atoms with Crippen molar-refractivity contribution in [2.24, 2.45) is 5.92 Å². The molecule has 0 atom stereocenters. The molecule has 1 aromatic carbocycles. The number of carbonyl (C=O) groups excluding carboxylic acids is 2. The third-order valence-corrected chi connectivity index (χ3v) is 4.25. The highest BCUT2D eigenvalue weighted by Gasteiger charge is 2.27. The Kier molecular flexibility index (Phi) is 3.83. The Morgan fingerprint density at radius 1 is 1.30 bits per heavy atom. The summed E-state index contributed by atoms with van der Waals surface area (Å²) < 4.78 is 5.36. The van der Waals surface area contributed by atoms with E-state index in [2.05, 4.69) is 0 Å². The van der Waals surface area contributed by atoms with Gasteiger partial charge in [-0.25, -0.2) is 0 Å². The number of ether oxygens (including phenoxy) is 1. The van der Waals surface area contributed by atoms with Crippen LogP contribution in [0.3, 0.4) is 0 Å². The van der Waals surface area contributed by atoms with E-state index in [1.165, 1.54) is 0 Å². The SMILES string of the molecule is O=Cc1ccc2c(c1)CCN(CC1CCOCC1)C2=O. The number of hydrogen-bond acceptors (Lipinski definition) is 3. The van der Waals surface area contributed by atoms with Gasteiger partial charge in [-0.15, -0.1) is 0 Å². The van der Waals surface area contributed by atoms with Crippen molar-refractivity contribution in [3.63, 3.8) is 0 Å². The second-order valence-electron chi connectivity index (χ2n) is 5.59. The van der Waals surface area contributed by atoms with Gasteiger partial charge in [-0.3, -0.25) is 9.59 Å². The second kappa shape index (κ2) is 5.75. The van der Waals surface area contributed by atoms with Gasteiger partial charge in [0.2, 0.25) is 0 Å². The van der Waals surface area contributed by atoms with Crippen LogP contribution in [0.2, 0.25) is 0 Å². The van der Waals surface area contributed by atoms with Gasteiger partial charge in [-0.2, -0.15) is 0 Å². The van der Waals surface area contributed by atoms with Crippen molar-refractivity contribution >= 4 is 12.2 Å². The average molecular weight is 273 g/mol. The number of fused-ring (bicyclic) bond motifs is 1. The van der Waals surface area contributed by atoms with Gasteiger partial charge in [0, 0.05) is 37.4 Å².